The van der Waals surface area contributed by atoms with Gasteiger partial charge in [0.25, 0.3) is 0 Å². The van der Waals surface area contributed by atoms with Crippen LogP contribution in [0.1, 0.15) is 37.7 Å². The summed E-state index contributed by atoms with van der Waals surface area (Å²) < 4.78 is 1.80. The first-order chi connectivity index (χ1) is 9.20. The average Bonchev–Trinajstić information content (AvgIpc) is 2.84. The van der Waals surface area contributed by atoms with Crippen molar-refractivity contribution in [1.82, 2.24) is 25.5 Å². The molecule has 0 aliphatic carbocycles. The second-order valence-corrected chi connectivity index (χ2v) is 4.94. The molecule has 0 amide bonds. The Morgan fingerprint density at radius 1 is 1.42 bits per heavy atom. The van der Waals surface area contributed by atoms with Crippen LogP contribution in [0.25, 0.3) is 0 Å². The molecule has 0 aliphatic rings. The standard InChI is InChI=1S/C13H18ClN5/c1-3-7-15-10(2)13-16-17-18-19(13)9-11-5-4-6-12(14)8-11/h4-6,8,10,15H,3,7,9H2,1-2H3. The van der Waals surface area contributed by atoms with Crippen molar-refractivity contribution in [2.75, 3.05) is 6.54 Å². The summed E-state index contributed by atoms with van der Waals surface area (Å²) >= 11 is 5.98. The second kappa shape index (κ2) is 6.63. The first-order valence-electron chi connectivity index (χ1n) is 6.44. The summed E-state index contributed by atoms with van der Waals surface area (Å²) in [4.78, 5) is 0. The minimum absolute atomic E-state index is 0.133. The van der Waals surface area contributed by atoms with Crippen molar-refractivity contribution >= 4 is 11.6 Å². The van der Waals surface area contributed by atoms with Gasteiger partial charge in [0.1, 0.15) is 0 Å². The summed E-state index contributed by atoms with van der Waals surface area (Å²) in [5.74, 6) is 0.841. The molecule has 1 unspecified atom stereocenters. The number of halogens is 1. The van der Waals surface area contributed by atoms with Crippen molar-refractivity contribution in [2.45, 2.75) is 32.9 Å². The molecule has 5 nitrogen and oxygen atoms in total. The number of hydrogen-bond donors (Lipinski definition) is 1. The first-order valence-corrected chi connectivity index (χ1v) is 6.82. The second-order valence-electron chi connectivity index (χ2n) is 4.50. The van der Waals surface area contributed by atoms with Gasteiger partial charge < -0.3 is 5.32 Å². The minimum Gasteiger partial charge on any atom is -0.307 e. The number of tetrazole rings is 1. The van der Waals surface area contributed by atoms with E-state index in [1.807, 2.05) is 24.3 Å². The van der Waals surface area contributed by atoms with Crippen molar-refractivity contribution in [2.24, 2.45) is 0 Å². The average molecular weight is 280 g/mol. The normalized spacial score (nSPS) is 12.6. The lowest BCUT2D eigenvalue weighted by molar-refractivity contribution is 0.503. The van der Waals surface area contributed by atoms with E-state index < -0.39 is 0 Å². The minimum atomic E-state index is 0.133. The molecule has 1 N–H and O–H groups in total. The molecule has 6 heteroatoms. The van der Waals surface area contributed by atoms with Gasteiger partial charge in [-0.15, -0.1) is 5.10 Å². The lowest BCUT2D eigenvalue weighted by Crippen LogP contribution is -2.23. The van der Waals surface area contributed by atoms with E-state index in [-0.39, 0.29) is 6.04 Å². The van der Waals surface area contributed by atoms with Crippen molar-refractivity contribution < 1.29 is 0 Å². The van der Waals surface area contributed by atoms with Crippen LogP contribution in [0.3, 0.4) is 0 Å². The van der Waals surface area contributed by atoms with E-state index in [9.17, 15) is 0 Å². The Kier molecular flexibility index (Phi) is 4.87. The van der Waals surface area contributed by atoms with Gasteiger partial charge in [-0.2, -0.15) is 0 Å². The maximum absolute atomic E-state index is 5.98. The molecule has 1 heterocycles. The van der Waals surface area contributed by atoms with Gasteiger partial charge in [0, 0.05) is 5.02 Å². The van der Waals surface area contributed by atoms with Crippen LogP contribution in [-0.2, 0) is 6.54 Å². The van der Waals surface area contributed by atoms with Gasteiger partial charge in [-0.1, -0.05) is 30.7 Å². The van der Waals surface area contributed by atoms with Crippen LogP contribution >= 0.6 is 11.6 Å². The van der Waals surface area contributed by atoms with Crippen molar-refractivity contribution in [3.8, 4) is 0 Å². The van der Waals surface area contributed by atoms with Gasteiger partial charge in [-0.05, 0) is 48.0 Å². The molecule has 1 aromatic heterocycles. The lowest BCUT2D eigenvalue weighted by Gasteiger charge is -2.12. The Balaban J connectivity index is 2.11. The fraction of sp³-hybridized carbons (Fsp3) is 0.462. The number of nitrogens with zero attached hydrogens (tertiary/aromatic N) is 4. The summed E-state index contributed by atoms with van der Waals surface area (Å²) in [6.07, 6.45) is 1.08. The molecule has 0 saturated carbocycles. The summed E-state index contributed by atoms with van der Waals surface area (Å²) in [6, 6.07) is 7.87. The van der Waals surface area contributed by atoms with Crippen LogP contribution in [-0.4, -0.2) is 26.8 Å². The molecule has 0 fully saturated rings. The summed E-state index contributed by atoms with van der Waals surface area (Å²) in [6.45, 7) is 5.77. The van der Waals surface area contributed by atoms with Gasteiger partial charge in [0.15, 0.2) is 5.82 Å². The van der Waals surface area contributed by atoms with E-state index in [0.29, 0.717) is 6.54 Å². The molecular weight excluding hydrogens is 262 g/mol. The zero-order valence-corrected chi connectivity index (χ0v) is 11.9. The molecule has 0 radical (unpaired) electrons. The fourth-order valence-corrected chi connectivity index (χ4v) is 2.11. The molecule has 102 valence electrons. The van der Waals surface area contributed by atoms with Gasteiger partial charge in [-0.3, -0.25) is 0 Å². The Bertz CT molecular complexity index is 525. The van der Waals surface area contributed by atoms with Crippen molar-refractivity contribution in [3.05, 3.63) is 40.7 Å². The fourth-order valence-electron chi connectivity index (χ4n) is 1.89. The van der Waals surface area contributed by atoms with Crippen LogP contribution in [0, 0.1) is 0 Å². The smallest absolute Gasteiger partial charge is 0.168 e. The highest BCUT2D eigenvalue weighted by molar-refractivity contribution is 6.30. The maximum atomic E-state index is 5.98. The molecule has 1 atom stereocenters. The predicted octanol–water partition coefficient (Wildman–Crippen LogP) is 2.44. The molecule has 2 rings (SSSR count). The van der Waals surface area contributed by atoms with E-state index in [1.165, 1.54) is 0 Å². The van der Waals surface area contributed by atoms with Crippen LogP contribution in [0.15, 0.2) is 24.3 Å². The molecule has 2 aromatic rings. The van der Waals surface area contributed by atoms with Crippen LogP contribution in [0.5, 0.6) is 0 Å². The highest BCUT2D eigenvalue weighted by atomic mass is 35.5. The van der Waals surface area contributed by atoms with E-state index >= 15 is 0 Å². The molecule has 0 saturated heterocycles. The number of benzene rings is 1. The van der Waals surface area contributed by atoms with Crippen LogP contribution < -0.4 is 5.32 Å². The number of rotatable bonds is 6. The third-order valence-electron chi connectivity index (χ3n) is 2.87. The summed E-state index contributed by atoms with van der Waals surface area (Å²) in [5.41, 5.74) is 1.09. The monoisotopic (exact) mass is 279 g/mol. The molecule has 0 aliphatic heterocycles. The third kappa shape index (κ3) is 3.75. The van der Waals surface area contributed by atoms with E-state index in [2.05, 4.69) is 34.7 Å². The molecule has 0 spiro atoms. The quantitative estimate of drug-likeness (QED) is 0.882. The topological polar surface area (TPSA) is 55.6 Å². The van der Waals surface area contributed by atoms with Crippen molar-refractivity contribution in [3.63, 3.8) is 0 Å². The highest BCUT2D eigenvalue weighted by Gasteiger charge is 2.13. The van der Waals surface area contributed by atoms with Gasteiger partial charge >= 0.3 is 0 Å². The Morgan fingerprint density at radius 2 is 2.26 bits per heavy atom. The molecule has 19 heavy (non-hydrogen) atoms. The largest absolute Gasteiger partial charge is 0.307 e. The highest BCUT2D eigenvalue weighted by Crippen LogP contribution is 2.14. The maximum Gasteiger partial charge on any atom is 0.168 e. The van der Waals surface area contributed by atoms with Gasteiger partial charge in [0.05, 0.1) is 12.6 Å². The molecular formula is C13H18ClN5. The number of hydrogen-bond acceptors (Lipinski definition) is 4. The number of nitrogens with one attached hydrogen (secondary N) is 1. The summed E-state index contributed by atoms with van der Waals surface area (Å²) in [5, 5.41) is 16.0. The molecule has 1 aromatic carbocycles. The summed E-state index contributed by atoms with van der Waals surface area (Å²) in [7, 11) is 0. The lowest BCUT2D eigenvalue weighted by atomic mass is 10.2. The van der Waals surface area contributed by atoms with Crippen LogP contribution in [0.4, 0.5) is 0 Å². The third-order valence-corrected chi connectivity index (χ3v) is 3.10. The van der Waals surface area contributed by atoms with E-state index in [4.69, 9.17) is 11.6 Å². The SMILES string of the molecule is CCCNC(C)c1nnnn1Cc1cccc(Cl)c1. The molecule has 0 bridgehead atoms. The zero-order valence-electron chi connectivity index (χ0n) is 11.2. The Labute approximate surface area is 118 Å². The van der Waals surface area contributed by atoms with Crippen LogP contribution in [0.2, 0.25) is 5.02 Å². The van der Waals surface area contributed by atoms with Gasteiger partial charge in [-0.25, -0.2) is 4.68 Å². The van der Waals surface area contributed by atoms with E-state index in [0.717, 1.165) is 29.4 Å². The van der Waals surface area contributed by atoms with Gasteiger partial charge in [0.2, 0.25) is 0 Å². The Morgan fingerprint density at radius 3 is 3.00 bits per heavy atom. The van der Waals surface area contributed by atoms with E-state index in [1.54, 1.807) is 4.68 Å². The predicted molar refractivity (Wildman–Crippen MR) is 75.1 cm³/mol. The Hall–Kier alpha value is -1.46. The van der Waals surface area contributed by atoms with Crippen molar-refractivity contribution in [1.29, 1.82) is 0 Å². The zero-order chi connectivity index (χ0) is 13.7. The number of aromatic nitrogens is 4. The first kappa shape index (κ1) is 14.0.